The highest BCUT2D eigenvalue weighted by atomic mass is 16.6. The van der Waals surface area contributed by atoms with Gasteiger partial charge in [-0.2, -0.15) is 0 Å². The molecule has 0 saturated heterocycles. The maximum atomic E-state index is 11.9. The van der Waals surface area contributed by atoms with E-state index in [0.29, 0.717) is 12.8 Å². The first-order chi connectivity index (χ1) is 14.1. The first-order valence-electron chi connectivity index (χ1n) is 11.7. The summed E-state index contributed by atoms with van der Waals surface area (Å²) in [4.78, 5) is 23.7. The number of nitrogens with two attached hydrogens (primary N) is 1. The first kappa shape index (κ1) is 25.4. The topological polar surface area (TPSA) is 69.4 Å². The maximum absolute atomic E-state index is 11.9. The Labute approximate surface area is 177 Å². The molecule has 0 bridgehead atoms. The van der Waals surface area contributed by atoms with Gasteiger partial charge in [0.15, 0.2) is 0 Å². The Balaban J connectivity index is 1.94. The van der Waals surface area contributed by atoms with Gasteiger partial charge in [0.05, 0.1) is 0 Å². The SMILES string of the molecule is CCCCCCCCCCCCCCCC(=O)OC(=O)C(N)Cc1ccccc1. The quantitative estimate of drug-likeness (QED) is 0.194. The second kappa shape index (κ2) is 17.2. The molecule has 1 rings (SSSR count). The molecule has 0 amide bonds. The molecule has 4 heteroatoms. The van der Waals surface area contributed by atoms with Crippen LogP contribution in [0.5, 0.6) is 0 Å². The number of esters is 2. The summed E-state index contributed by atoms with van der Waals surface area (Å²) in [6.07, 6.45) is 17.0. The zero-order valence-corrected chi connectivity index (χ0v) is 18.4. The molecule has 1 unspecified atom stereocenters. The second-order valence-corrected chi connectivity index (χ2v) is 8.08. The Morgan fingerprint density at radius 3 is 1.79 bits per heavy atom. The van der Waals surface area contributed by atoms with Crippen molar-refractivity contribution < 1.29 is 14.3 Å². The minimum absolute atomic E-state index is 0.293. The summed E-state index contributed by atoms with van der Waals surface area (Å²) in [7, 11) is 0. The number of ether oxygens (including phenoxy) is 1. The lowest BCUT2D eigenvalue weighted by molar-refractivity contribution is -0.160. The molecule has 4 nitrogen and oxygen atoms in total. The van der Waals surface area contributed by atoms with Gasteiger partial charge in [-0.1, -0.05) is 114 Å². The fourth-order valence-corrected chi connectivity index (χ4v) is 3.48. The van der Waals surface area contributed by atoms with Crippen molar-refractivity contribution >= 4 is 11.9 Å². The molecule has 0 fully saturated rings. The largest absolute Gasteiger partial charge is 0.392 e. The molecule has 1 aromatic rings. The van der Waals surface area contributed by atoms with Crippen molar-refractivity contribution in [2.24, 2.45) is 5.73 Å². The summed E-state index contributed by atoms with van der Waals surface area (Å²) in [5, 5.41) is 0. The number of hydrogen-bond acceptors (Lipinski definition) is 4. The molecular formula is C25H41NO3. The number of rotatable bonds is 17. The minimum atomic E-state index is -0.798. The molecule has 0 heterocycles. The first-order valence-corrected chi connectivity index (χ1v) is 11.7. The van der Waals surface area contributed by atoms with Crippen LogP contribution >= 0.6 is 0 Å². The van der Waals surface area contributed by atoms with E-state index in [1.54, 1.807) is 0 Å². The van der Waals surface area contributed by atoms with Crippen LogP contribution in [0.1, 0.15) is 102 Å². The summed E-state index contributed by atoms with van der Waals surface area (Å²) in [6.45, 7) is 2.26. The van der Waals surface area contributed by atoms with Crippen LogP contribution in [0, 0.1) is 0 Å². The zero-order valence-electron chi connectivity index (χ0n) is 18.4. The lowest BCUT2D eigenvalue weighted by Crippen LogP contribution is -2.35. The monoisotopic (exact) mass is 403 g/mol. The van der Waals surface area contributed by atoms with Crippen molar-refractivity contribution in [2.75, 3.05) is 0 Å². The van der Waals surface area contributed by atoms with Gasteiger partial charge in [-0.15, -0.1) is 0 Å². The third kappa shape index (κ3) is 14.0. The van der Waals surface area contributed by atoms with Gasteiger partial charge < -0.3 is 10.5 Å². The van der Waals surface area contributed by atoms with Crippen LogP contribution in [0.25, 0.3) is 0 Å². The van der Waals surface area contributed by atoms with E-state index in [9.17, 15) is 9.59 Å². The fourth-order valence-electron chi connectivity index (χ4n) is 3.48. The molecule has 0 radical (unpaired) electrons. The second-order valence-electron chi connectivity index (χ2n) is 8.08. The number of benzene rings is 1. The highest BCUT2D eigenvalue weighted by Crippen LogP contribution is 2.13. The Bertz CT molecular complexity index is 544. The summed E-state index contributed by atoms with van der Waals surface area (Å²) in [5.41, 5.74) is 6.80. The summed E-state index contributed by atoms with van der Waals surface area (Å²) < 4.78 is 4.89. The third-order valence-electron chi connectivity index (χ3n) is 5.30. The molecule has 0 aliphatic rings. The van der Waals surface area contributed by atoms with Crippen molar-refractivity contribution in [2.45, 2.75) is 109 Å². The van der Waals surface area contributed by atoms with Crippen LogP contribution in [-0.2, 0) is 20.7 Å². The Morgan fingerprint density at radius 1 is 0.793 bits per heavy atom. The molecular weight excluding hydrogens is 362 g/mol. The molecule has 1 aromatic carbocycles. The van der Waals surface area contributed by atoms with Crippen molar-refractivity contribution in [3.05, 3.63) is 35.9 Å². The smallest absolute Gasteiger partial charge is 0.330 e. The van der Waals surface area contributed by atoms with Gasteiger partial charge in [0.2, 0.25) is 0 Å². The number of carbonyl (C=O) groups excluding carboxylic acids is 2. The molecule has 1 atom stereocenters. The predicted octanol–water partition coefficient (Wildman–Crippen LogP) is 6.11. The molecule has 0 spiro atoms. The molecule has 0 saturated carbocycles. The standard InChI is InChI=1S/C25H41NO3/c1-2-3-4-5-6-7-8-9-10-11-12-13-17-20-24(27)29-25(28)23(26)21-22-18-15-14-16-19-22/h14-16,18-19,23H,2-13,17,20-21,26H2,1H3. The molecule has 0 aliphatic carbocycles. The molecule has 2 N–H and O–H groups in total. The molecule has 0 aromatic heterocycles. The Hall–Kier alpha value is -1.68. The van der Waals surface area contributed by atoms with Gasteiger partial charge in [-0.05, 0) is 18.4 Å². The van der Waals surface area contributed by atoms with E-state index in [1.165, 1.54) is 64.2 Å². The highest BCUT2D eigenvalue weighted by molar-refractivity contribution is 5.88. The van der Waals surface area contributed by atoms with Gasteiger partial charge in [0.25, 0.3) is 0 Å². The van der Waals surface area contributed by atoms with Crippen LogP contribution in [-0.4, -0.2) is 18.0 Å². The van der Waals surface area contributed by atoms with E-state index in [2.05, 4.69) is 6.92 Å². The van der Waals surface area contributed by atoms with Crippen molar-refractivity contribution in [3.63, 3.8) is 0 Å². The zero-order chi connectivity index (χ0) is 21.2. The van der Waals surface area contributed by atoms with Crippen molar-refractivity contribution in [3.8, 4) is 0 Å². The fraction of sp³-hybridized carbons (Fsp3) is 0.680. The van der Waals surface area contributed by atoms with E-state index in [-0.39, 0.29) is 0 Å². The van der Waals surface area contributed by atoms with E-state index in [4.69, 9.17) is 10.5 Å². The number of carbonyl (C=O) groups is 2. The summed E-state index contributed by atoms with van der Waals surface area (Å²) in [6, 6.07) is 8.71. The Kier molecular flexibility index (Phi) is 15.0. The highest BCUT2D eigenvalue weighted by Gasteiger charge is 2.18. The van der Waals surface area contributed by atoms with Crippen LogP contribution in [0.2, 0.25) is 0 Å². The van der Waals surface area contributed by atoms with E-state index in [1.807, 2.05) is 30.3 Å². The van der Waals surface area contributed by atoms with Gasteiger partial charge in [0, 0.05) is 6.42 Å². The molecule has 164 valence electrons. The lowest BCUT2D eigenvalue weighted by atomic mass is 10.0. The van der Waals surface area contributed by atoms with Crippen LogP contribution in [0.3, 0.4) is 0 Å². The molecule has 29 heavy (non-hydrogen) atoms. The van der Waals surface area contributed by atoms with E-state index >= 15 is 0 Å². The predicted molar refractivity (Wildman–Crippen MR) is 120 cm³/mol. The van der Waals surface area contributed by atoms with Gasteiger partial charge in [-0.25, -0.2) is 4.79 Å². The molecule has 0 aliphatic heterocycles. The summed E-state index contributed by atoms with van der Waals surface area (Å²) in [5.74, 6) is -1.09. The van der Waals surface area contributed by atoms with Gasteiger partial charge >= 0.3 is 11.9 Å². The van der Waals surface area contributed by atoms with Crippen molar-refractivity contribution in [1.82, 2.24) is 0 Å². The van der Waals surface area contributed by atoms with Crippen LogP contribution in [0.15, 0.2) is 30.3 Å². The van der Waals surface area contributed by atoms with Crippen molar-refractivity contribution in [1.29, 1.82) is 0 Å². The maximum Gasteiger partial charge on any atom is 0.330 e. The Morgan fingerprint density at radius 2 is 1.28 bits per heavy atom. The van der Waals surface area contributed by atoms with Gasteiger partial charge in [0.1, 0.15) is 6.04 Å². The third-order valence-corrected chi connectivity index (χ3v) is 5.30. The minimum Gasteiger partial charge on any atom is -0.392 e. The normalized spacial score (nSPS) is 11.9. The average molecular weight is 404 g/mol. The average Bonchev–Trinajstić information content (AvgIpc) is 2.72. The number of unbranched alkanes of at least 4 members (excludes halogenated alkanes) is 12. The summed E-state index contributed by atoms with van der Waals surface area (Å²) >= 11 is 0. The number of hydrogen-bond donors (Lipinski definition) is 1. The lowest BCUT2D eigenvalue weighted by Gasteiger charge is -2.10. The van der Waals surface area contributed by atoms with Gasteiger partial charge in [-0.3, -0.25) is 4.79 Å². The van der Waals surface area contributed by atoms with E-state index in [0.717, 1.165) is 24.8 Å². The van der Waals surface area contributed by atoms with E-state index < -0.39 is 18.0 Å². The van der Waals surface area contributed by atoms with Crippen LogP contribution in [0.4, 0.5) is 0 Å². The van der Waals surface area contributed by atoms with Crippen LogP contribution < -0.4 is 5.73 Å².